The first-order valence-corrected chi connectivity index (χ1v) is 26.8. The van der Waals surface area contributed by atoms with Gasteiger partial charge in [0.1, 0.15) is 22.3 Å². The van der Waals surface area contributed by atoms with E-state index in [-0.39, 0.29) is 28.5 Å². The predicted octanol–water partition coefficient (Wildman–Crippen LogP) is 17.4. The summed E-state index contributed by atoms with van der Waals surface area (Å²) in [6.07, 6.45) is 8.07. The largest absolute Gasteiger partial charge is 0.456 e. The lowest BCUT2D eigenvalue weighted by molar-refractivity contribution is 0.332. The number of thiophene rings is 1. The van der Waals surface area contributed by atoms with E-state index in [9.17, 15) is 0 Å². The molecule has 0 amide bonds. The number of nitrogens with zero attached hydrogens (tertiary/aromatic N) is 2. The van der Waals surface area contributed by atoms with Crippen LogP contribution in [0.2, 0.25) is 0 Å². The highest BCUT2D eigenvalue weighted by atomic mass is 32.1. The fourth-order valence-corrected chi connectivity index (χ4v) is 14.7. The Bertz CT molecular complexity index is 3860. The minimum atomic E-state index is -0.149. The van der Waals surface area contributed by atoms with Crippen molar-refractivity contribution in [3.63, 3.8) is 0 Å². The minimum absolute atomic E-state index is 0.0438. The molecule has 0 bridgehead atoms. The maximum atomic E-state index is 7.23. The molecule has 0 saturated heterocycles. The van der Waals surface area contributed by atoms with E-state index in [1.807, 2.05) is 11.3 Å². The van der Waals surface area contributed by atoms with Crippen LogP contribution in [0.25, 0.3) is 65.1 Å². The van der Waals surface area contributed by atoms with E-state index in [1.54, 1.807) is 0 Å². The fourth-order valence-electron chi connectivity index (χ4n) is 13.5. The third kappa shape index (κ3) is 5.89. The molecule has 348 valence electrons. The van der Waals surface area contributed by atoms with Crippen molar-refractivity contribution in [2.45, 2.75) is 129 Å². The molecule has 4 aliphatic rings. The quantitative estimate of drug-likeness (QED) is 0.161. The van der Waals surface area contributed by atoms with Crippen LogP contribution in [0.1, 0.15) is 129 Å². The van der Waals surface area contributed by atoms with Gasteiger partial charge in [-0.25, -0.2) is 0 Å². The molecule has 0 unspecified atom stereocenters. The van der Waals surface area contributed by atoms with Crippen LogP contribution in [0.5, 0.6) is 0 Å². The Kier molecular flexibility index (Phi) is 8.79. The van der Waals surface area contributed by atoms with E-state index in [4.69, 9.17) is 8.83 Å². The van der Waals surface area contributed by atoms with E-state index in [0.29, 0.717) is 0 Å². The maximum absolute atomic E-state index is 7.23. The van der Waals surface area contributed by atoms with Crippen molar-refractivity contribution in [2.24, 2.45) is 0 Å². The molecule has 0 radical (unpaired) electrons. The van der Waals surface area contributed by atoms with E-state index >= 15 is 0 Å². The molecule has 3 aromatic heterocycles. The zero-order chi connectivity index (χ0) is 47.8. The Morgan fingerprint density at radius 3 is 1.97 bits per heavy atom. The van der Waals surface area contributed by atoms with Crippen LogP contribution in [0, 0.1) is 0 Å². The van der Waals surface area contributed by atoms with Gasteiger partial charge in [-0.15, -0.1) is 11.3 Å². The number of aryl methyl sites for hydroxylation is 1. The average molecular weight is 933 g/mol. The smallest absolute Gasteiger partial charge is 0.343 e. The standard InChI is InChI=1S/C64H61BN2O2S/c1-10-11-17-37-22-25-55-45(30-37)58-60(70-55)65-57-51(66(58)39-23-24-46-47(31-39)62(4,5)27-26-61(46,2)3)34-43-40-20-15-16-21-52(40)69-59(43)56(57)44-32-41-42-33-48-49(64(8,9)29-28-63(48,6)7)35-53(42)68-54(41)36-50(44)67(65)38-18-13-12-14-19-38/h12-16,18-25,30-36H,10-11,17,26-29H2,1-9H3. The number of hydrogen-bond acceptors (Lipinski definition) is 5. The highest BCUT2D eigenvalue weighted by Crippen LogP contribution is 2.56. The number of benzene rings is 7. The number of unbranched alkanes of at least 4 members (excludes halogenated alkanes) is 1. The Hall–Kier alpha value is -6.24. The van der Waals surface area contributed by atoms with Crippen molar-refractivity contribution >= 4 is 111 Å². The highest BCUT2D eigenvalue weighted by Gasteiger charge is 2.49. The van der Waals surface area contributed by atoms with E-state index in [1.165, 1.54) is 101 Å². The summed E-state index contributed by atoms with van der Waals surface area (Å²) >= 11 is 1.97. The zero-order valence-corrected chi connectivity index (χ0v) is 43.0. The molecule has 10 aromatic rings. The van der Waals surface area contributed by atoms with Crippen molar-refractivity contribution < 1.29 is 8.83 Å². The van der Waals surface area contributed by atoms with Crippen LogP contribution in [0.15, 0.2) is 130 Å². The molecule has 6 heteroatoms. The molecule has 0 N–H and O–H groups in total. The van der Waals surface area contributed by atoms with Gasteiger partial charge in [0, 0.05) is 76.4 Å². The van der Waals surface area contributed by atoms with E-state index < -0.39 is 0 Å². The molecule has 0 spiro atoms. The fraction of sp³-hybridized carbons (Fsp3) is 0.312. The van der Waals surface area contributed by atoms with Crippen LogP contribution in [-0.2, 0) is 28.1 Å². The maximum Gasteiger partial charge on any atom is 0.343 e. The summed E-state index contributed by atoms with van der Waals surface area (Å²) in [7, 11) is 0. The van der Waals surface area contributed by atoms with Crippen molar-refractivity contribution in [1.82, 2.24) is 0 Å². The van der Waals surface area contributed by atoms with Gasteiger partial charge in [0.15, 0.2) is 0 Å². The molecular weight excluding hydrogens is 872 g/mol. The van der Waals surface area contributed by atoms with Gasteiger partial charge in [0.25, 0.3) is 0 Å². The first kappa shape index (κ1) is 42.6. The van der Waals surface area contributed by atoms with Gasteiger partial charge in [-0.3, -0.25) is 0 Å². The van der Waals surface area contributed by atoms with Gasteiger partial charge in [-0.2, -0.15) is 0 Å². The Labute approximate surface area is 416 Å². The van der Waals surface area contributed by atoms with Gasteiger partial charge in [0.2, 0.25) is 0 Å². The summed E-state index contributed by atoms with van der Waals surface area (Å²) in [5.74, 6) is 0. The lowest BCUT2D eigenvalue weighted by atomic mass is 9.46. The lowest BCUT2D eigenvalue weighted by Crippen LogP contribution is -2.60. The summed E-state index contributed by atoms with van der Waals surface area (Å²) in [5.41, 5.74) is 20.9. The van der Waals surface area contributed by atoms with E-state index in [0.717, 1.165) is 75.5 Å². The van der Waals surface area contributed by atoms with Crippen LogP contribution in [0.3, 0.4) is 0 Å². The van der Waals surface area contributed by atoms with Crippen LogP contribution in [-0.4, -0.2) is 6.85 Å². The SMILES string of the molecule is CCCCc1ccc2sc3c(c2c1)N(c1ccc2c(c1)C(C)(C)CCC2(C)C)c1cc2c(oc4ccccc42)c2c1B3N(c1ccccc1)c1cc3oc4cc5c(cc4c3cc1-2)C(C)(C)CCC5(C)C. The highest BCUT2D eigenvalue weighted by molar-refractivity contribution is 7.32. The van der Waals surface area contributed by atoms with Crippen molar-refractivity contribution in [1.29, 1.82) is 0 Å². The minimum Gasteiger partial charge on any atom is -0.456 e. The zero-order valence-electron chi connectivity index (χ0n) is 42.2. The van der Waals surface area contributed by atoms with Crippen molar-refractivity contribution in [3.05, 3.63) is 149 Å². The topological polar surface area (TPSA) is 32.8 Å². The summed E-state index contributed by atoms with van der Waals surface area (Å²) in [6, 6.07) is 46.8. The normalized spacial score (nSPS) is 18.1. The number of rotatable bonds is 5. The summed E-state index contributed by atoms with van der Waals surface area (Å²) in [4.78, 5) is 5.32. The van der Waals surface area contributed by atoms with E-state index in [2.05, 4.69) is 193 Å². The van der Waals surface area contributed by atoms with Crippen LogP contribution in [0.4, 0.5) is 28.4 Å². The molecule has 5 heterocycles. The molecule has 0 fully saturated rings. The number of hydrogen-bond donors (Lipinski definition) is 0. The molecular formula is C64H61BN2O2S. The second-order valence-corrected chi connectivity index (χ2v) is 25.1. The number of furan rings is 2. The van der Waals surface area contributed by atoms with Gasteiger partial charge >= 0.3 is 6.85 Å². The Balaban J connectivity index is 1.14. The first-order valence-electron chi connectivity index (χ1n) is 26.0. The monoisotopic (exact) mass is 932 g/mol. The first-order chi connectivity index (χ1) is 33.6. The third-order valence-electron chi connectivity index (χ3n) is 17.7. The number of anilines is 5. The summed E-state index contributed by atoms with van der Waals surface area (Å²) < 4.78 is 17.0. The number of fused-ring (bicyclic) bond motifs is 15. The molecule has 0 saturated carbocycles. The summed E-state index contributed by atoms with van der Waals surface area (Å²) in [6.45, 7) is 21.6. The Morgan fingerprint density at radius 2 is 1.21 bits per heavy atom. The van der Waals surface area contributed by atoms with Gasteiger partial charge < -0.3 is 18.5 Å². The van der Waals surface area contributed by atoms with Gasteiger partial charge in [-0.1, -0.05) is 117 Å². The molecule has 70 heavy (non-hydrogen) atoms. The predicted molar refractivity (Wildman–Crippen MR) is 299 cm³/mol. The molecule has 0 atom stereocenters. The van der Waals surface area contributed by atoms with Crippen molar-refractivity contribution in [2.75, 3.05) is 9.71 Å². The third-order valence-corrected chi connectivity index (χ3v) is 18.9. The second-order valence-electron chi connectivity index (χ2n) is 24.0. The molecule has 7 aromatic carbocycles. The number of para-hydroxylation sites is 2. The molecule has 2 aliphatic heterocycles. The second kappa shape index (κ2) is 14.4. The summed E-state index contributed by atoms with van der Waals surface area (Å²) in [5, 5.41) is 5.96. The molecule has 4 nitrogen and oxygen atoms in total. The molecule has 2 aliphatic carbocycles. The van der Waals surface area contributed by atoms with Crippen LogP contribution >= 0.6 is 11.3 Å². The van der Waals surface area contributed by atoms with Gasteiger partial charge in [-0.05, 0) is 160 Å². The Morgan fingerprint density at radius 1 is 0.543 bits per heavy atom. The average Bonchev–Trinajstić information content (AvgIpc) is 4.03. The molecule has 14 rings (SSSR count). The van der Waals surface area contributed by atoms with Crippen LogP contribution < -0.4 is 20.0 Å². The lowest BCUT2D eigenvalue weighted by Gasteiger charge is -2.45. The van der Waals surface area contributed by atoms with Gasteiger partial charge in [0.05, 0.1) is 5.69 Å². The van der Waals surface area contributed by atoms with Crippen molar-refractivity contribution in [3.8, 4) is 11.1 Å².